The van der Waals surface area contributed by atoms with Gasteiger partial charge >= 0.3 is 0 Å². The van der Waals surface area contributed by atoms with Crippen molar-refractivity contribution in [3.8, 4) is 5.75 Å². The number of thiocarbonyl (C=S) groups is 1. The molecule has 2 rings (SSSR count). The monoisotopic (exact) mass is 508 g/mol. The largest absolute Gasteiger partial charge is 0.492 e. The lowest BCUT2D eigenvalue weighted by Gasteiger charge is -2.12. The molecule has 0 aliphatic carbocycles. The standard InChI is InChI=1S/C20H21BrN4O5S/c1-12(2)9-10-30-17-8-5-14(11-16(17)21)18(26)22-20(31)24-23-19(27)13-3-6-15(7-4-13)25(28)29/h3-8,11-12H,9-10H2,1-2H3,(H,23,27)(H2,22,24,26,31). The zero-order valence-corrected chi connectivity index (χ0v) is 19.2. The molecule has 0 heterocycles. The Morgan fingerprint density at radius 1 is 1.10 bits per heavy atom. The highest BCUT2D eigenvalue weighted by atomic mass is 79.9. The first kappa shape index (κ1) is 24.2. The number of nitrogens with one attached hydrogen (secondary N) is 3. The fraction of sp³-hybridized carbons (Fsp3) is 0.250. The van der Waals surface area contributed by atoms with E-state index in [0.29, 0.717) is 28.3 Å². The van der Waals surface area contributed by atoms with Gasteiger partial charge in [-0.05, 0) is 70.8 Å². The third-order valence-electron chi connectivity index (χ3n) is 4.00. The van der Waals surface area contributed by atoms with Gasteiger partial charge in [0.2, 0.25) is 0 Å². The molecule has 2 aromatic rings. The molecule has 0 unspecified atom stereocenters. The van der Waals surface area contributed by atoms with Crippen molar-refractivity contribution in [2.45, 2.75) is 20.3 Å². The molecule has 0 atom stereocenters. The molecule has 164 valence electrons. The number of halogens is 1. The molecule has 0 fully saturated rings. The molecule has 9 nitrogen and oxygen atoms in total. The molecule has 0 saturated heterocycles. The molecule has 0 saturated carbocycles. The number of amides is 2. The van der Waals surface area contributed by atoms with Crippen molar-refractivity contribution >= 4 is 50.8 Å². The summed E-state index contributed by atoms with van der Waals surface area (Å²) < 4.78 is 6.32. The van der Waals surface area contributed by atoms with Crippen LogP contribution in [0.5, 0.6) is 5.75 Å². The third kappa shape index (κ3) is 7.61. The molecule has 0 spiro atoms. The summed E-state index contributed by atoms with van der Waals surface area (Å²) >= 11 is 8.40. The molecule has 0 radical (unpaired) electrons. The molecular formula is C20H21BrN4O5S. The molecule has 0 bridgehead atoms. The summed E-state index contributed by atoms with van der Waals surface area (Å²) in [5, 5.41) is 13.0. The predicted molar refractivity (Wildman–Crippen MR) is 123 cm³/mol. The number of non-ortho nitro benzene ring substituents is 1. The molecule has 2 aromatic carbocycles. The Labute approximate surface area is 192 Å². The van der Waals surface area contributed by atoms with E-state index in [9.17, 15) is 19.7 Å². The van der Waals surface area contributed by atoms with E-state index in [1.54, 1.807) is 18.2 Å². The number of carbonyl (C=O) groups is 2. The van der Waals surface area contributed by atoms with Crippen molar-refractivity contribution in [3.05, 3.63) is 68.2 Å². The maximum atomic E-state index is 12.4. The number of ether oxygens (including phenoxy) is 1. The fourth-order valence-corrected chi connectivity index (χ4v) is 2.93. The van der Waals surface area contributed by atoms with Gasteiger partial charge in [0.05, 0.1) is 16.0 Å². The number of benzene rings is 2. The fourth-order valence-electron chi connectivity index (χ4n) is 2.29. The number of hydrogen-bond acceptors (Lipinski definition) is 6. The average Bonchev–Trinajstić information content (AvgIpc) is 2.72. The van der Waals surface area contributed by atoms with Crippen LogP contribution in [0.3, 0.4) is 0 Å². The van der Waals surface area contributed by atoms with Crippen LogP contribution in [0, 0.1) is 16.0 Å². The zero-order chi connectivity index (χ0) is 23.0. The molecule has 2 amide bonds. The SMILES string of the molecule is CC(C)CCOc1ccc(C(=O)NC(=S)NNC(=O)c2ccc([N+](=O)[O-])cc2)cc1Br. The summed E-state index contributed by atoms with van der Waals surface area (Å²) in [5.41, 5.74) is 5.12. The normalized spacial score (nSPS) is 10.3. The van der Waals surface area contributed by atoms with Gasteiger partial charge in [0.15, 0.2) is 5.11 Å². The van der Waals surface area contributed by atoms with Crippen molar-refractivity contribution in [2.75, 3.05) is 6.61 Å². The second-order valence-electron chi connectivity index (χ2n) is 6.84. The Morgan fingerprint density at radius 2 is 1.74 bits per heavy atom. The molecule has 0 aliphatic rings. The van der Waals surface area contributed by atoms with Crippen LogP contribution in [-0.2, 0) is 0 Å². The summed E-state index contributed by atoms with van der Waals surface area (Å²) in [6.45, 7) is 4.79. The number of nitro groups is 1. The van der Waals surface area contributed by atoms with Crippen LogP contribution in [-0.4, -0.2) is 28.5 Å². The third-order valence-corrected chi connectivity index (χ3v) is 4.83. The van der Waals surface area contributed by atoms with Gasteiger partial charge in [-0.25, -0.2) is 0 Å². The number of hydrazine groups is 1. The predicted octanol–water partition coefficient (Wildman–Crippen LogP) is 3.73. The van der Waals surface area contributed by atoms with Crippen LogP contribution in [0.15, 0.2) is 46.9 Å². The van der Waals surface area contributed by atoms with Gasteiger partial charge in [-0.3, -0.25) is 35.9 Å². The van der Waals surface area contributed by atoms with Crippen LogP contribution >= 0.6 is 28.1 Å². The number of rotatable bonds is 7. The van der Waals surface area contributed by atoms with Crippen molar-refractivity contribution in [3.63, 3.8) is 0 Å². The van der Waals surface area contributed by atoms with Gasteiger partial charge in [-0.1, -0.05) is 13.8 Å². The van der Waals surface area contributed by atoms with Crippen LogP contribution in [0.2, 0.25) is 0 Å². The molecule has 3 N–H and O–H groups in total. The highest BCUT2D eigenvalue weighted by molar-refractivity contribution is 9.10. The first-order valence-corrected chi connectivity index (χ1v) is 10.5. The Bertz CT molecular complexity index is 982. The van der Waals surface area contributed by atoms with E-state index < -0.39 is 16.7 Å². The Hall–Kier alpha value is -3.05. The smallest absolute Gasteiger partial charge is 0.269 e. The van der Waals surface area contributed by atoms with Crippen molar-refractivity contribution in [2.24, 2.45) is 5.92 Å². The Morgan fingerprint density at radius 3 is 2.32 bits per heavy atom. The Balaban J connectivity index is 1.86. The van der Waals surface area contributed by atoms with E-state index >= 15 is 0 Å². The van der Waals surface area contributed by atoms with E-state index in [-0.39, 0.29) is 16.4 Å². The topological polar surface area (TPSA) is 123 Å². The zero-order valence-electron chi connectivity index (χ0n) is 16.8. The summed E-state index contributed by atoms with van der Waals surface area (Å²) in [6.07, 6.45) is 0.917. The van der Waals surface area contributed by atoms with Crippen LogP contribution < -0.4 is 20.9 Å². The second-order valence-corrected chi connectivity index (χ2v) is 8.11. The van der Waals surface area contributed by atoms with Gasteiger partial charge in [-0.15, -0.1) is 0 Å². The van der Waals surface area contributed by atoms with E-state index in [2.05, 4.69) is 45.9 Å². The summed E-state index contributed by atoms with van der Waals surface area (Å²) in [4.78, 5) is 34.5. The number of carbonyl (C=O) groups excluding carboxylic acids is 2. The first-order valence-electron chi connectivity index (χ1n) is 9.26. The van der Waals surface area contributed by atoms with E-state index in [4.69, 9.17) is 17.0 Å². The minimum atomic E-state index is -0.572. The average molecular weight is 509 g/mol. The highest BCUT2D eigenvalue weighted by Crippen LogP contribution is 2.26. The number of hydrogen-bond donors (Lipinski definition) is 3. The molecule has 11 heteroatoms. The van der Waals surface area contributed by atoms with Crippen molar-refractivity contribution < 1.29 is 19.2 Å². The number of nitro benzene ring substituents is 1. The molecule has 0 aromatic heterocycles. The van der Waals surface area contributed by atoms with Crippen molar-refractivity contribution in [1.82, 2.24) is 16.2 Å². The lowest BCUT2D eigenvalue weighted by Crippen LogP contribution is -2.48. The minimum absolute atomic E-state index is 0.117. The summed E-state index contributed by atoms with van der Waals surface area (Å²) in [6, 6.07) is 9.93. The van der Waals surface area contributed by atoms with Gasteiger partial charge in [0, 0.05) is 23.3 Å². The molecular weight excluding hydrogens is 488 g/mol. The van der Waals surface area contributed by atoms with Gasteiger partial charge in [0.25, 0.3) is 17.5 Å². The Kier molecular flexibility index (Phi) is 8.88. The van der Waals surface area contributed by atoms with Crippen LogP contribution in [0.1, 0.15) is 41.0 Å². The highest BCUT2D eigenvalue weighted by Gasteiger charge is 2.13. The quantitative estimate of drug-likeness (QED) is 0.295. The maximum absolute atomic E-state index is 12.4. The van der Waals surface area contributed by atoms with Gasteiger partial charge < -0.3 is 4.74 Å². The van der Waals surface area contributed by atoms with Gasteiger partial charge in [0.1, 0.15) is 5.75 Å². The first-order chi connectivity index (χ1) is 14.7. The molecule has 0 aliphatic heterocycles. The number of nitrogens with zero attached hydrogens (tertiary/aromatic N) is 1. The van der Waals surface area contributed by atoms with Crippen molar-refractivity contribution in [1.29, 1.82) is 0 Å². The minimum Gasteiger partial charge on any atom is -0.492 e. The van der Waals surface area contributed by atoms with Crippen LogP contribution in [0.4, 0.5) is 5.69 Å². The van der Waals surface area contributed by atoms with E-state index in [0.717, 1.165) is 6.42 Å². The van der Waals surface area contributed by atoms with Crippen LogP contribution in [0.25, 0.3) is 0 Å². The maximum Gasteiger partial charge on any atom is 0.269 e. The summed E-state index contributed by atoms with van der Waals surface area (Å²) in [5.74, 6) is 0.111. The molecule has 31 heavy (non-hydrogen) atoms. The van der Waals surface area contributed by atoms with E-state index in [1.165, 1.54) is 24.3 Å². The lowest BCUT2D eigenvalue weighted by molar-refractivity contribution is -0.384. The van der Waals surface area contributed by atoms with Gasteiger partial charge in [-0.2, -0.15) is 0 Å². The second kappa shape index (κ2) is 11.4. The lowest BCUT2D eigenvalue weighted by atomic mass is 10.1. The summed E-state index contributed by atoms with van der Waals surface area (Å²) in [7, 11) is 0. The van der Waals surface area contributed by atoms with E-state index in [1.807, 2.05) is 0 Å².